The zero-order valence-electron chi connectivity index (χ0n) is 18.0. The fraction of sp³-hybridized carbons (Fsp3) is 0.231. The molecule has 4 rings (SSSR count). The van der Waals surface area contributed by atoms with Crippen molar-refractivity contribution in [2.45, 2.75) is 25.8 Å². The van der Waals surface area contributed by atoms with Gasteiger partial charge in [-0.05, 0) is 67.8 Å². The molecule has 0 aliphatic heterocycles. The number of halogens is 1. The molecule has 1 aromatic heterocycles. The molecular formula is C26H25ClN2O3. The Labute approximate surface area is 192 Å². The summed E-state index contributed by atoms with van der Waals surface area (Å²) < 4.78 is 12.8. The molecule has 32 heavy (non-hydrogen) atoms. The lowest BCUT2D eigenvalue weighted by Crippen LogP contribution is -2.23. The standard InChI is InChI=1S/C26H25ClN2O3/c1-31-20-15-13-19(14-16-20)25-28-23-11-5-3-9-21(23)26(30)29(25)17-7-2-8-18-32-24-12-6-4-10-22(24)27/h3-6,9-16H,2,7-8,17-18H2,1H3. The second-order valence-corrected chi connectivity index (χ2v) is 7.88. The van der Waals surface area contributed by atoms with E-state index in [0.717, 1.165) is 30.6 Å². The summed E-state index contributed by atoms with van der Waals surface area (Å²) in [7, 11) is 1.63. The molecule has 164 valence electrons. The Morgan fingerprint density at radius 3 is 2.44 bits per heavy atom. The van der Waals surface area contributed by atoms with E-state index in [9.17, 15) is 4.79 Å². The largest absolute Gasteiger partial charge is 0.497 e. The molecule has 0 unspecified atom stereocenters. The minimum Gasteiger partial charge on any atom is -0.497 e. The number of unbranched alkanes of at least 4 members (excludes halogenated alkanes) is 2. The number of nitrogens with zero attached hydrogens (tertiary/aromatic N) is 2. The predicted molar refractivity (Wildman–Crippen MR) is 129 cm³/mol. The van der Waals surface area contributed by atoms with Gasteiger partial charge in [-0.25, -0.2) is 4.98 Å². The number of ether oxygens (including phenoxy) is 2. The highest BCUT2D eigenvalue weighted by atomic mass is 35.5. The Hall–Kier alpha value is -3.31. The van der Waals surface area contributed by atoms with E-state index in [1.54, 1.807) is 11.7 Å². The molecule has 0 N–H and O–H groups in total. The van der Waals surface area contributed by atoms with Crippen LogP contribution in [0.15, 0.2) is 77.6 Å². The average molecular weight is 449 g/mol. The van der Waals surface area contributed by atoms with Gasteiger partial charge in [0.25, 0.3) is 5.56 Å². The molecule has 4 aromatic rings. The molecule has 6 heteroatoms. The van der Waals surface area contributed by atoms with Crippen molar-refractivity contribution in [3.05, 3.63) is 88.2 Å². The number of hydrogen-bond acceptors (Lipinski definition) is 4. The number of hydrogen-bond donors (Lipinski definition) is 0. The molecule has 0 aliphatic carbocycles. The van der Waals surface area contributed by atoms with Gasteiger partial charge in [-0.1, -0.05) is 35.9 Å². The maximum atomic E-state index is 13.2. The first kappa shape index (κ1) is 21.9. The van der Waals surface area contributed by atoms with Gasteiger partial charge >= 0.3 is 0 Å². The van der Waals surface area contributed by atoms with E-state index >= 15 is 0 Å². The first-order chi connectivity index (χ1) is 15.7. The van der Waals surface area contributed by atoms with Crippen molar-refractivity contribution in [2.24, 2.45) is 0 Å². The molecule has 3 aromatic carbocycles. The Bertz CT molecular complexity index is 1250. The first-order valence-electron chi connectivity index (χ1n) is 10.7. The van der Waals surface area contributed by atoms with Crippen LogP contribution in [0.25, 0.3) is 22.3 Å². The van der Waals surface area contributed by atoms with Crippen molar-refractivity contribution >= 4 is 22.5 Å². The Balaban J connectivity index is 1.48. The molecule has 0 aliphatic rings. The van der Waals surface area contributed by atoms with Crippen LogP contribution in [0.2, 0.25) is 5.02 Å². The van der Waals surface area contributed by atoms with Gasteiger partial charge in [0.1, 0.15) is 17.3 Å². The third-order valence-corrected chi connectivity index (χ3v) is 5.64. The van der Waals surface area contributed by atoms with Crippen LogP contribution in [-0.2, 0) is 6.54 Å². The molecule has 0 saturated carbocycles. The molecule has 0 atom stereocenters. The van der Waals surface area contributed by atoms with Crippen LogP contribution in [0.3, 0.4) is 0 Å². The summed E-state index contributed by atoms with van der Waals surface area (Å²) in [6.07, 6.45) is 2.64. The van der Waals surface area contributed by atoms with Gasteiger partial charge < -0.3 is 9.47 Å². The van der Waals surface area contributed by atoms with E-state index in [-0.39, 0.29) is 5.56 Å². The smallest absolute Gasteiger partial charge is 0.261 e. The van der Waals surface area contributed by atoms with Gasteiger partial charge in [-0.15, -0.1) is 0 Å². The highest BCUT2D eigenvalue weighted by molar-refractivity contribution is 6.32. The zero-order valence-corrected chi connectivity index (χ0v) is 18.7. The molecule has 1 heterocycles. The maximum absolute atomic E-state index is 13.2. The number of aromatic nitrogens is 2. The first-order valence-corrected chi connectivity index (χ1v) is 11.1. The van der Waals surface area contributed by atoms with Crippen LogP contribution in [0, 0.1) is 0 Å². The Morgan fingerprint density at radius 2 is 1.66 bits per heavy atom. The zero-order chi connectivity index (χ0) is 22.3. The van der Waals surface area contributed by atoms with Crippen LogP contribution in [-0.4, -0.2) is 23.3 Å². The summed E-state index contributed by atoms with van der Waals surface area (Å²) >= 11 is 6.13. The summed E-state index contributed by atoms with van der Waals surface area (Å²) in [4.78, 5) is 18.1. The minimum atomic E-state index is -0.0197. The number of para-hydroxylation sites is 2. The molecule has 0 fully saturated rings. The molecule has 5 nitrogen and oxygen atoms in total. The van der Waals surface area contributed by atoms with Crippen molar-refractivity contribution < 1.29 is 9.47 Å². The van der Waals surface area contributed by atoms with Crippen LogP contribution in [0.5, 0.6) is 11.5 Å². The summed E-state index contributed by atoms with van der Waals surface area (Å²) in [5, 5.41) is 1.25. The predicted octanol–water partition coefficient (Wildman–Crippen LogP) is 5.97. The van der Waals surface area contributed by atoms with Crippen molar-refractivity contribution in [1.82, 2.24) is 9.55 Å². The van der Waals surface area contributed by atoms with Gasteiger partial charge in [-0.3, -0.25) is 9.36 Å². The summed E-state index contributed by atoms with van der Waals surface area (Å²) in [5.74, 6) is 2.14. The van der Waals surface area contributed by atoms with E-state index in [1.807, 2.05) is 72.8 Å². The van der Waals surface area contributed by atoms with Gasteiger partial charge in [0.05, 0.1) is 29.6 Å². The van der Waals surface area contributed by atoms with E-state index in [1.165, 1.54) is 0 Å². The second-order valence-electron chi connectivity index (χ2n) is 7.48. The minimum absolute atomic E-state index is 0.0197. The third-order valence-electron chi connectivity index (χ3n) is 5.33. The molecule has 0 radical (unpaired) electrons. The summed E-state index contributed by atoms with van der Waals surface area (Å²) in [6, 6.07) is 22.6. The van der Waals surface area contributed by atoms with Crippen LogP contribution in [0.1, 0.15) is 19.3 Å². The lowest BCUT2D eigenvalue weighted by atomic mass is 10.1. The fourth-order valence-electron chi connectivity index (χ4n) is 3.63. The lowest BCUT2D eigenvalue weighted by Gasteiger charge is -2.14. The van der Waals surface area contributed by atoms with E-state index in [0.29, 0.717) is 40.7 Å². The molecule has 0 spiro atoms. The average Bonchev–Trinajstić information content (AvgIpc) is 2.83. The quantitative estimate of drug-likeness (QED) is 0.296. The van der Waals surface area contributed by atoms with Crippen LogP contribution in [0.4, 0.5) is 0 Å². The normalized spacial score (nSPS) is 10.9. The van der Waals surface area contributed by atoms with Gasteiger partial charge in [-0.2, -0.15) is 0 Å². The number of methoxy groups -OCH3 is 1. The van der Waals surface area contributed by atoms with E-state index in [4.69, 9.17) is 26.1 Å². The van der Waals surface area contributed by atoms with Gasteiger partial charge in [0.15, 0.2) is 0 Å². The Kier molecular flexibility index (Phi) is 7.07. The topological polar surface area (TPSA) is 53.3 Å². The van der Waals surface area contributed by atoms with Crippen molar-refractivity contribution in [2.75, 3.05) is 13.7 Å². The molecule has 0 amide bonds. The summed E-state index contributed by atoms with van der Waals surface area (Å²) in [5.41, 5.74) is 1.57. The van der Waals surface area contributed by atoms with Crippen molar-refractivity contribution in [3.8, 4) is 22.9 Å². The molecule has 0 bridgehead atoms. The number of benzene rings is 3. The number of rotatable bonds is 9. The SMILES string of the molecule is COc1ccc(-c2nc3ccccc3c(=O)n2CCCCCOc2ccccc2Cl)cc1. The summed E-state index contributed by atoms with van der Waals surface area (Å²) in [6.45, 7) is 1.17. The highest BCUT2D eigenvalue weighted by Gasteiger charge is 2.13. The lowest BCUT2D eigenvalue weighted by molar-refractivity contribution is 0.304. The second kappa shape index (κ2) is 10.3. The fourth-order valence-corrected chi connectivity index (χ4v) is 3.82. The maximum Gasteiger partial charge on any atom is 0.261 e. The number of fused-ring (bicyclic) bond motifs is 1. The monoisotopic (exact) mass is 448 g/mol. The van der Waals surface area contributed by atoms with Crippen LogP contribution < -0.4 is 15.0 Å². The van der Waals surface area contributed by atoms with E-state index < -0.39 is 0 Å². The van der Waals surface area contributed by atoms with E-state index in [2.05, 4.69) is 0 Å². The van der Waals surface area contributed by atoms with Crippen molar-refractivity contribution in [3.63, 3.8) is 0 Å². The molecular weight excluding hydrogens is 424 g/mol. The molecule has 0 saturated heterocycles. The van der Waals surface area contributed by atoms with Gasteiger partial charge in [0, 0.05) is 12.1 Å². The highest BCUT2D eigenvalue weighted by Crippen LogP contribution is 2.24. The van der Waals surface area contributed by atoms with Crippen LogP contribution >= 0.6 is 11.6 Å². The Morgan fingerprint density at radius 1 is 0.906 bits per heavy atom. The van der Waals surface area contributed by atoms with Crippen molar-refractivity contribution in [1.29, 1.82) is 0 Å². The van der Waals surface area contributed by atoms with Gasteiger partial charge in [0.2, 0.25) is 0 Å². The third kappa shape index (κ3) is 4.94.